The second-order valence-corrected chi connectivity index (χ2v) is 5.36. The molecule has 2 atom stereocenters. The number of hydrogen-bond donors (Lipinski definition) is 2. The molecule has 1 aromatic carbocycles. The number of aromatic amines is 1. The number of benzene rings is 1. The van der Waals surface area contributed by atoms with Gasteiger partial charge in [0, 0.05) is 17.1 Å². The van der Waals surface area contributed by atoms with Crippen LogP contribution in [0.3, 0.4) is 0 Å². The van der Waals surface area contributed by atoms with Crippen molar-refractivity contribution in [3.63, 3.8) is 0 Å². The first-order valence-corrected chi connectivity index (χ1v) is 6.80. The molecule has 6 heteroatoms. The summed E-state index contributed by atoms with van der Waals surface area (Å²) in [6, 6.07) is 4.93. The fraction of sp³-hybridized carbons (Fsp3) is 0.500. The molecule has 2 N–H and O–H groups in total. The third-order valence-electron chi connectivity index (χ3n) is 3.98. The Balaban J connectivity index is 1.80. The third kappa shape index (κ3) is 2.59. The molecule has 20 heavy (non-hydrogen) atoms. The SMILES string of the molecule is FC(F)(F)C1CCCCC1Nc1ccc2cn[nH]c2c1. The summed E-state index contributed by atoms with van der Waals surface area (Å²) in [4.78, 5) is 0. The standard InChI is InChI=1S/C14H16F3N3/c15-14(16,17)11-3-1-2-4-12(11)19-10-6-5-9-8-18-20-13(9)7-10/h5-8,11-12,19H,1-4H2,(H,18,20). The fourth-order valence-corrected chi connectivity index (χ4v) is 2.94. The van der Waals surface area contributed by atoms with Crippen LogP contribution in [0.5, 0.6) is 0 Å². The highest BCUT2D eigenvalue weighted by Crippen LogP contribution is 2.39. The van der Waals surface area contributed by atoms with Crippen LogP contribution in [0.4, 0.5) is 18.9 Å². The lowest BCUT2D eigenvalue weighted by Crippen LogP contribution is -2.41. The van der Waals surface area contributed by atoms with Gasteiger partial charge >= 0.3 is 6.18 Å². The molecule has 108 valence electrons. The molecular formula is C14H16F3N3. The molecule has 1 aliphatic rings. The van der Waals surface area contributed by atoms with Crippen molar-refractivity contribution in [2.24, 2.45) is 5.92 Å². The molecule has 1 saturated carbocycles. The monoisotopic (exact) mass is 283 g/mol. The average Bonchev–Trinajstić information content (AvgIpc) is 2.85. The van der Waals surface area contributed by atoms with Gasteiger partial charge in [-0.05, 0) is 31.0 Å². The van der Waals surface area contributed by atoms with E-state index in [1.165, 1.54) is 0 Å². The Bertz CT molecular complexity index is 591. The molecule has 1 heterocycles. The van der Waals surface area contributed by atoms with Crippen LogP contribution in [0.25, 0.3) is 10.9 Å². The second-order valence-electron chi connectivity index (χ2n) is 5.36. The van der Waals surface area contributed by atoms with Gasteiger partial charge in [-0.2, -0.15) is 18.3 Å². The van der Waals surface area contributed by atoms with Crippen LogP contribution in [-0.4, -0.2) is 22.4 Å². The zero-order chi connectivity index (χ0) is 14.2. The van der Waals surface area contributed by atoms with Crippen molar-refractivity contribution < 1.29 is 13.2 Å². The van der Waals surface area contributed by atoms with Gasteiger partial charge in [0.1, 0.15) is 0 Å². The van der Waals surface area contributed by atoms with Crippen molar-refractivity contribution in [3.05, 3.63) is 24.4 Å². The van der Waals surface area contributed by atoms with Gasteiger partial charge in [-0.25, -0.2) is 0 Å². The number of rotatable bonds is 2. The lowest BCUT2D eigenvalue weighted by molar-refractivity contribution is -0.184. The summed E-state index contributed by atoms with van der Waals surface area (Å²) in [5.41, 5.74) is 1.54. The average molecular weight is 283 g/mol. The molecule has 3 nitrogen and oxygen atoms in total. The van der Waals surface area contributed by atoms with E-state index < -0.39 is 18.1 Å². The van der Waals surface area contributed by atoms with Crippen molar-refractivity contribution in [2.45, 2.75) is 37.9 Å². The molecule has 2 unspecified atom stereocenters. The highest BCUT2D eigenvalue weighted by molar-refractivity contribution is 5.81. The predicted octanol–water partition coefficient (Wildman–Crippen LogP) is 4.10. The maximum absolute atomic E-state index is 13.0. The largest absolute Gasteiger partial charge is 0.393 e. The number of nitrogens with zero attached hydrogens (tertiary/aromatic N) is 1. The first-order valence-electron chi connectivity index (χ1n) is 6.80. The van der Waals surface area contributed by atoms with E-state index in [0.717, 1.165) is 17.3 Å². The maximum Gasteiger partial charge on any atom is 0.393 e. The third-order valence-corrected chi connectivity index (χ3v) is 3.98. The van der Waals surface area contributed by atoms with Crippen LogP contribution >= 0.6 is 0 Å². The van der Waals surface area contributed by atoms with Crippen LogP contribution in [0.2, 0.25) is 0 Å². The molecule has 0 radical (unpaired) electrons. The van der Waals surface area contributed by atoms with Crippen molar-refractivity contribution in [1.29, 1.82) is 0 Å². The van der Waals surface area contributed by atoms with E-state index in [1.54, 1.807) is 12.3 Å². The van der Waals surface area contributed by atoms with E-state index in [0.29, 0.717) is 18.5 Å². The van der Waals surface area contributed by atoms with E-state index in [4.69, 9.17) is 0 Å². The van der Waals surface area contributed by atoms with Crippen molar-refractivity contribution in [3.8, 4) is 0 Å². The summed E-state index contributed by atoms with van der Waals surface area (Å²) in [5, 5.41) is 10.7. The molecule has 3 rings (SSSR count). The zero-order valence-electron chi connectivity index (χ0n) is 10.9. The summed E-state index contributed by atoms with van der Waals surface area (Å²) in [6.45, 7) is 0. The Labute approximate surface area is 114 Å². The van der Waals surface area contributed by atoms with Crippen LogP contribution in [0.1, 0.15) is 25.7 Å². The van der Waals surface area contributed by atoms with Gasteiger partial charge in [0.05, 0.1) is 17.6 Å². The van der Waals surface area contributed by atoms with Gasteiger partial charge in [0.25, 0.3) is 0 Å². The molecule has 0 amide bonds. The smallest absolute Gasteiger partial charge is 0.382 e. The number of aromatic nitrogens is 2. The summed E-state index contributed by atoms with van der Waals surface area (Å²) in [5.74, 6) is -1.26. The molecule has 2 aromatic rings. The van der Waals surface area contributed by atoms with E-state index in [2.05, 4.69) is 15.5 Å². The lowest BCUT2D eigenvalue weighted by atomic mass is 9.84. The molecule has 0 bridgehead atoms. The van der Waals surface area contributed by atoms with Crippen LogP contribution in [-0.2, 0) is 0 Å². The molecule has 1 aliphatic carbocycles. The number of halogens is 3. The number of fused-ring (bicyclic) bond motifs is 1. The van der Waals surface area contributed by atoms with Gasteiger partial charge in [0.15, 0.2) is 0 Å². The minimum absolute atomic E-state index is 0.216. The lowest BCUT2D eigenvalue weighted by Gasteiger charge is -2.34. The van der Waals surface area contributed by atoms with Crippen LogP contribution in [0.15, 0.2) is 24.4 Å². The van der Waals surface area contributed by atoms with Gasteiger partial charge in [-0.3, -0.25) is 5.10 Å². The minimum Gasteiger partial charge on any atom is -0.382 e. The van der Waals surface area contributed by atoms with Gasteiger partial charge in [-0.1, -0.05) is 12.8 Å². The highest BCUT2D eigenvalue weighted by atomic mass is 19.4. The Morgan fingerprint density at radius 1 is 1.20 bits per heavy atom. The maximum atomic E-state index is 13.0. The Morgan fingerprint density at radius 3 is 2.80 bits per heavy atom. The normalized spacial score (nSPS) is 23.9. The number of nitrogens with one attached hydrogen (secondary N) is 2. The zero-order valence-corrected chi connectivity index (χ0v) is 10.9. The Morgan fingerprint density at radius 2 is 2.00 bits per heavy atom. The van der Waals surface area contributed by atoms with E-state index in [-0.39, 0.29) is 6.42 Å². The Kier molecular flexibility index (Phi) is 3.31. The topological polar surface area (TPSA) is 40.7 Å². The first-order chi connectivity index (χ1) is 9.54. The molecule has 1 fully saturated rings. The molecular weight excluding hydrogens is 267 g/mol. The number of hydrogen-bond acceptors (Lipinski definition) is 2. The molecule has 0 spiro atoms. The summed E-state index contributed by atoms with van der Waals surface area (Å²) in [6.07, 6.45) is -0.161. The number of anilines is 1. The Hall–Kier alpha value is -1.72. The number of H-pyrrole nitrogens is 1. The summed E-state index contributed by atoms with van der Waals surface area (Å²) < 4.78 is 39.1. The van der Waals surface area contributed by atoms with Gasteiger partial charge in [0.2, 0.25) is 0 Å². The van der Waals surface area contributed by atoms with E-state index in [1.807, 2.05) is 12.1 Å². The van der Waals surface area contributed by atoms with E-state index in [9.17, 15) is 13.2 Å². The van der Waals surface area contributed by atoms with Crippen LogP contribution in [0, 0.1) is 5.92 Å². The first kappa shape index (κ1) is 13.3. The van der Waals surface area contributed by atoms with Crippen molar-refractivity contribution in [1.82, 2.24) is 10.2 Å². The molecule has 0 aliphatic heterocycles. The predicted molar refractivity (Wildman–Crippen MR) is 71.5 cm³/mol. The molecule has 0 saturated heterocycles. The fourth-order valence-electron chi connectivity index (χ4n) is 2.94. The second kappa shape index (κ2) is 5.00. The summed E-state index contributed by atoms with van der Waals surface area (Å²) >= 11 is 0. The molecule has 1 aromatic heterocycles. The van der Waals surface area contributed by atoms with Crippen molar-refractivity contribution >= 4 is 16.6 Å². The van der Waals surface area contributed by atoms with Crippen LogP contribution < -0.4 is 5.32 Å². The van der Waals surface area contributed by atoms with Crippen molar-refractivity contribution in [2.75, 3.05) is 5.32 Å². The number of alkyl halides is 3. The van der Waals surface area contributed by atoms with E-state index >= 15 is 0 Å². The van der Waals surface area contributed by atoms with Gasteiger partial charge in [-0.15, -0.1) is 0 Å². The highest BCUT2D eigenvalue weighted by Gasteiger charge is 2.45. The quantitative estimate of drug-likeness (QED) is 0.871. The summed E-state index contributed by atoms with van der Waals surface area (Å²) in [7, 11) is 0. The van der Waals surface area contributed by atoms with Gasteiger partial charge < -0.3 is 5.32 Å². The minimum atomic E-state index is -4.13.